The van der Waals surface area contributed by atoms with Gasteiger partial charge in [-0.2, -0.15) is 0 Å². The normalized spacial score (nSPS) is 17.1. The molecule has 2 aromatic rings. The number of nitro benzene ring substituents is 1. The number of carbonyl (C=O) groups is 2. The monoisotopic (exact) mass is 472 g/mol. The number of non-ortho nitro benzene ring substituents is 1. The molecule has 0 saturated carbocycles. The molecule has 0 radical (unpaired) electrons. The second kappa shape index (κ2) is 10.8. The number of likely N-dealkylation sites (tertiary alicyclic amines) is 1. The zero-order valence-electron chi connectivity index (χ0n) is 18.6. The van der Waals surface area contributed by atoms with Gasteiger partial charge in [0.1, 0.15) is 17.3 Å². The van der Waals surface area contributed by atoms with Crippen molar-refractivity contribution < 1.29 is 38.9 Å². The molecule has 1 heterocycles. The van der Waals surface area contributed by atoms with Gasteiger partial charge in [-0.05, 0) is 24.3 Å². The van der Waals surface area contributed by atoms with Crippen LogP contribution >= 0.6 is 0 Å². The van der Waals surface area contributed by atoms with Gasteiger partial charge in [0.05, 0.1) is 50.6 Å². The highest BCUT2D eigenvalue weighted by Crippen LogP contribution is 2.43. The highest BCUT2D eigenvalue weighted by Gasteiger charge is 2.47. The van der Waals surface area contributed by atoms with Crippen molar-refractivity contribution in [3.05, 3.63) is 69.3 Å². The van der Waals surface area contributed by atoms with E-state index in [1.165, 1.54) is 43.4 Å². The molecule has 1 saturated heterocycles. The molecule has 0 aromatic heterocycles. The molecular weight excluding hydrogens is 448 g/mol. The largest absolute Gasteiger partial charge is 0.507 e. The summed E-state index contributed by atoms with van der Waals surface area (Å²) in [6.45, 7) is -0.0977. The van der Waals surface area contributed by atoms with Crippen LogP contribution in [0.15, 0.2) is 48.0 Å². The lowest BCUT2D eigenvalue weighted by molar-refractivity contribution is -0.384. The summed E-state index contributed by atoms with van der Waals surface area (Å²) < 4.78 is 16.0. The molecule has 1 aliphatic heterocycles. The number of methoxy groups -OCH3 is 2. The third kappa shape index (κ3) is 4.85. The van der Waals surface area contributed by atoms with Crippen molar-refractivity contribution in [3.8, 4) is 11.5 Å². The molecule has 0 bridgehead atoms. The molecule has 11 heteroatoms. The van der Waals surface area contributed by atoms with Gasteiger partial charge in [0.15, 0.2) is 0 Å². The predicted octanol–water partition coefficient (Wildman–Crippen LogP) is 2.04. The third-order valence-corrected chi connectivity index (χ3v) is 5.34. The quantitative estimate of drug-likeness (QED) is 0.132. The number of hydrogen-bond donors (Lipinski definition) is 2. The molecule has 2 N–H and O–H groups in total. The number of rotatable bonds is 10. The first-order valence-electron chi connectivity index (χ1n) is 10.3. The average molecular weight is 472 g/mol. The van der Waals surface area contributed by atoms with Gasteiger partial charge >= 0.3 is 0 Å². The smallest absolute Gasteiger partial charge is 0.295 e. The van der Waals surface area contributed by atoms with Gasteiger partial charge in [0.2, 0.25) is 0 Å². The first kappa shape index (κ1) is 24.7. The van der Waals surface area contributed by atoms with Crippen molar-refractivity contribution in [1.29, 1.82) is 0 Å². The molecule has 1 aliphatic rings. The first-order valence-corrected chi connectivity index (χ1v) is 10.3. The summed E-state index contributed by atoms with van der Waals surface area (Å²) in [7, 11) is 2.90. The summed E-state index contributed by atoms with van der Waals surface area (Å²) in [5.74, 6) is -1.43. The fraction of sp³-hybridized carbons (Fsp3) is 0.304. The Morgan fingerprint density at radius 2 is 1.79 bits per heavy atom. The van der Waals surface area contributed by atoms with Gasteiger partial charge in [-0.15, -0.1) is 0 Å². The maximum absolute atomic E-state index is 13.0. The fourth-order valence-corrected chi connectivity index (χ4v) is 3.70. The first-order chi connectivity index (χ1) is 16.3. The van der Waals surface area contributed by atoms with E-state index in [4.69, 9.17) is 19.3 Å². The van der Waals surface area contributed by atoms with Gasteiger partial charge in [-0.3, -0.25) is 19.7 Å². The Bertz CT molecular complexity index is 1110. The van der Waals surface area contributed by atoms with Crippen LogP contribution in [0.5, 0.6) is 11.5 Å². The molecular formula is C23H24N2O9. The van der Waals surface area contributed by atoms with Crippen molar-refractivity contribution >= 4 is 23.1 Å². The van der Waals surface area contributed by atoms with Crippen LogP contribution in [0.2, 0.25) is 0 Å². The molecule has 34 heavy (non-hydrogen) atoms. The van der Waals surface area contributed by atoms with Crippen molar-refractivity contribution in [3.63, 3.8) is 0 Å². The maximum Gasteiger partial charge on any atom is 0.295 e. The summed E-state index contributed by atoms with van der Waals surface area (Å²) in [5, 5.41) is 30.9. The van der Waals surface area contributed by atoms with Gasteiger partial charge in [-0.1, -0.05) is 0 Å². The minimum Gasteiger partial charge on any atom is -0.507 e. The zero-order chi connectivity index (χ0) is 24.8. The van der Waals surface area contributed by atoms with Crippen LogP contribution in [-0.2, 0) is 14.3 Å². The van der Waals surface area contributed by atoms with Crippen LogP contribution in [0.3, 0.4) is 0 Å². The van der Waals surface area contributed by atoms with Crippen LogP contribution in [0, 0.1) is 10.1 Å². The Balaban J connectivity index is 2.14. The highest BCUT2D eigenvalue weighted by molar-refractivity contribution is 6.46. The molecule has 1 fully saturated rings. The Morgan fingerprint density at radius 3 is 2.38 bits per heavy atom. The van der Waals surface area contributed by atoms with Crippen molar-refractivity contribution in [1.82, 2.24) is 4.90 Å². The number of hydrogen-bond acceptors (Lipinski definition) is 9. The van der Waals surface area contributed by atoms with Crippen LogP contribution in [-0.4, -0.2) is 72.3 Å². The number of Topliss-reactive ketones (excluding diaryl/α,β-unsaturated/α-hetero) is 1. The van der Waals surface area contributed by atoms with E-state index in [1.807, 2.05) is 0 Å². The van der Waals surface area contributed by atoms with E-state index in [1.54, 1.807) is 18.2 Å². The number of carbonyl (C=O) groups excluding carboxylic acids is 2. The minimum atomic E-state index is -1.02. The van der Waals surface area contributed by atoms with E-state index in [-0.39, 0.29) is 43.2 Å². The second-order valence-electron chi connectivity index (χ2n) is 7.24. The summed E-state index contributed by atoms with van der Waals surface area (Å²) in [5.41, 5.74) is 0.182. The van der Waals surface area contributed by atoms with E-state index in [0.29, 0.717) is 17.1 Å². The number of nitro groups is 1. The zero-order valence-corrected chi connectivity index (χ0v) is 18.6. The van der Waals surface area contributed by atoms with Crippen molar-refractivity contribution in [2.45, 2.75) is 6.04 Å². The fourth-order valence-electron chi connectivity index (χ4n) is 3.70. The number of benzene rings is 2. The van der Waals surface area contributed by atoms with Crippen molar-refractivity contribution in [2.75, 3.05) is 40.6 Å². The van der Waals surface area contributed by atoms with E-state index in [2.05, 4.69) is 0 Å². The number of aliphatic hydroxyl groups excluding tert-OH is 2. The molecule has 180 valence electrons. The SMILES string of the molecule is COc1ccc([C@@H]2C(=C(O)c3ccc([N+](=O)[O-])cc3)C(=O)C(=O)N2CCOCCO)c(OC)c1. The maximum atomic E-state index is 13.0. The molecule has 1 atom stereocenters. The minimum absolute atomic E-state index is 0.00145. The van der Waals surface area contributed by atoms with E-state index >= 15 is 0 Å². The molecule has 0 unspecified atom stereocenters. The molecule has 3 rings (SSSR count). The highest BCUT2D eigenvalue weighted by atomic mass is 16.6. The van der Waals surface area contributed by atoms with Crippen LogP contribution in [0.25, 0.3) is 5.76 Å². The molecule has 11 nitrogen and oxygen atoms in total. The number of nitrogens with zero attached hydrogens (tertiary/aromatic N) is 2. The molecule has 2 aromatic carbocycles. The average Bonchev–Trinajstić information content (AvgIpc) is 3.10. The Morgan fingerprint density at radius 1 is 1.09 bits per heavy atom. The summed E-state index contributed by atoms with van der Waals surface area (Å²) in [4.78, 5) is 37.6. The van der Waals surface area contributed by atoms with E-state index in [0.717, 1.165) is 0 Å². The van der Waals surface area contributed by atoms with Gasteiger partial charge < -0.3 is 29.3 Å². The Labute approximate surface area is 194 Å². The molecule has 1 amide bonds. The third-order valence-electron chi connectivity index (χ3n) is 5.34. The Hall–Kier alpha value is -3.96. The summed E-state index contributed by atoms with van der Waals surface area (Å²) in [6, 6.07) is 8.80. The number of ether oxygens (including phenoxy) is 3. The molecule has 0 aliphatic carbocycles. The summed E-state index contributed by atoms with van der Waals surface area (Å²) >= 11 is 0. The lowest BCUT2D eigenvalue weighted by Gasteiger charge is -2.26. The van der Waals surface area contributed by atoms with E-state index < -0.39 is 28.4 Å². The van der Waals surface area contributed by atoms with Crippen LogP contribution in [0.4, 0.5) is 5.69 Å². The molecule has 0 spiro atoms. The predicted molar refractivity (Wildman–Crippen MR) is 120 cm³/mol. The van der Waals surface area contributed by atoms with E-state index in [9.17, 15) is 24.8 Å². The number of aliphatic hydroxyl groups is 2. The van der Waals surface area contributed by atoms with Gasteiger partial charge in [-0.25, -0.2) is 0 Å². The Kier molecular flexibility index (Phi) is 7.82. The van der Waals surface area contributed by atoms with Gasteiger partial charge in [0.25, 0.3) is 17.4 Å². The lowest BCUT2D eigenvalue weighted by Crippen LogP contribution is -2.33. The lowest BCUT2D eigenvalue weighted by atomic mass is 9.94. The van der Waals surface area contributed by atoms with Gasteiger partial charge in [0, 0.05) is 35.9 Å². The number of amides is 1. The topological polar surface area (TPSA) is 149 Å². The van der Waals surface area contributed by atoms with Crippen LogP contribution in [0.1, 0.15) is 17.2 Å². The number of ketones is 1. The van der Waals surface area contributed by atoms with Crippen LogP contribution < -0.4 is 9.47 Å². The standard InChI is InChI=1S/C23H24N2O9/c1-32-16-7-8-17(18(13-16)33-2)20-19(21(27)14-3-5-15(6-4-14)25(30)31)22(28)23(29)24(20)9-11-34-12-10-26/h3-8,13,20,26-27H,9-12H2,1-2H3/t20-/m1/s1. The van der Waals surface area contributed by atoms with Crippen molar-refractivity contribution in [2.24, 2.45) is 0 Å². The summed E-state index contributed by atoms with van der Waals surface area (Å²) in [6.07, 6.45) is 0. The second-order valence-corrected chi connectivity index (χ2v) is 7.24.